The lowest BCUT2D eigenvalue weighted by Crippen LogP contribution is -1.96. The van der Waals surface area contributed by atoms with E-state index in [9.17, 15) is 0 Å². The average Bonchev–Trinajstić information content (AvgIpc) is 1.41. The fourth-order valence-corrected chi connectivity index (χ4v) is 0.0680. The summed E-state index contributed by atoms with van der Waals surface area (Å²) in [5.41, 5.74) is 0. The van der Waals surface area contributed by atoms with Crippen LogP contribution in [0.2, 0.25) is 0 Å². The Morgan fingerprint density at radius 1 is 1.83 bits per heavy atom. The van der Waals surface area contributed by atoms with Crippen LogP contribution in [0, 0.1) is 0 Å². The van der Waals surface area contributed by atoms with Gasteiger partial charge >= 0.3 is 0 Å². The molecule has 0 radical (unpaired) electrons. The van der Waals surface area contributed by atoms with Gasteiger partial charge in [-0.15, -0.1) is 19.0 Å². The van der Waals surface area contributed by atoms with E-state index in [0.717, 1.165) is 0 Å². The Morgan fingerprint density at radius 3 is 2.33 bits per heavy atom. The Morgan fingerprint density at radius 2 is 2.33 bits per heavy atom. The van der Waals surface area contributed by atoms with Gasteiger partial charge in [-0.05, 0) is 0 Å². The standard InChI is InChI=1S/C3H7NO.ClH/c1-2-3-5-4;/h2H,1,3-4H2;1H. The lowest BCUT2D eigenvalue weighted by atomic mass is 10.7. The molecule has 0 heterocycles. The molecule has 0 unspecified atom stereocenters. The van der Waals surface area contributed by atoms with Gasteiger partial charge in [0, 0.05) is 0 Å². The number of nitrogens with two attached hydrogens (primary N) is 1. The summed E-state index contributed by atoms with van der Waals surface area (Å²) in [5, 5.41) is 0. The molecule has 6 heavy (non-hydrogen) atoms. The summed E-state index contributed by atoms with van der Waals surface area (Å²) in [5.74, 6) is 4.57. The van der Waals surface area contributed by atoms with Crippen molar-refractivity contribution in [2.24, 2.45) is 5.90 Å². The summed E-state index contributed by atoms with van der Waals surface area (Å²) in [6, 6.07) is 0. The summed E-state index contributed by atoms with van der Waals surface area (Å²) in [6.07, 6.45) is 1.58. The number of rotatable bonds is 2. The van der Waals surface area contributed by atoms with Crippen LogP contribution in [-0.2, 0) is 4.84 Å². The largest absolute Gasteiger partial charge is 0.300 e. The van der Waals surface area contributed by atoms with Crippen molar-refractivity contribution >= 4 is 12.4 Å². The smallest absolute Gasteiger partial charge is 0.0858 e. The van der Waals surface area contributed by atoms with Crippen molar-refractivity contribution in [3.05, 3.63) is 12.7 Å². The summed E-state index contributed by atoms with van der Waals surface area (Å²) in [4.78, 5) is 4.07. The van der Waals surface area contributed by atoms with E-state index < -0.39 is 0 Å². The molecule has 0 aromatic rings. The predicted octanol–water partition coefficient (Wildman–Crippen LogP) is 0.484. The third-order valence-electron chi connectivity index (χ3n) is 0.214. The molecule has 0 aromatic carbocycles. The number of hydrogen-bond donors (Lipinski definition) is 1. The highest BCUT2D eigenvalue weighted by Gasteiger charge is 1.58. The highest BCUT2D eigenvalue weighted by Crippen LogP contribution is 1.56. The van der Waals surface area contributed by atoms with Crippen molar-refractivity contribution in [1.82, 2.24) is 0 Å². The van der Waals surface area contributed by atoms with E-state index in [0.29, 0.717) is 6.61 Å². The van der Waals surface area contributed by atoms with Gasteiger partial charge in [0.25, 0.3) is 0 Å². The topological polar surface area (TPSA) is 35.2 Å². The van der Waals surface area contributed by atoms with Crippen molar-refractivity contribution in [3.63, 3.8) is 0 Å². The van der Waals surface area contributed by atoms with E-state index >= 15 is 0 Å². The molecule has 38 valence electrons. The Kier molecular flexibility index (Phi) is 13.8. The van der Waals surface area contributed by atoms with Crippen molar-refractivity contribution in [1.29, 1.82) is 0 Å². The third-order valence-corrected chi connectivity index (χ3v) is 0.214. The molecular weight excluding hydrogens is 101 g/mol. The maximum Gasteiger partial charge on any atom is 0.0858 e. The Balaban J connectivity index is 0. The summed E-state index contributed by atoms with van der Waals surface area (Å²) >= 11 is 0. The molecule has 0 aliphatic carbocycles. The first kappa shape index (κ1) is 9.34. The second-order valence-electron chi connectivity index (χ2n) is 0.622. The Bertz CT molecular complexity index is 32.0. The van der Waals surface area contributed by atoms with Crippen molar-refractivity contribution in [3.8, 4) is 0 Å². The van der Waals surface area contributed by atoms with Crippen LogP contribution in [0.4, 0.5) is 0 Å². The Hall–Kier alpha value is -0.0500. The van der Waals surface area contributed by atoms with Gasteiger partial charge in [0.1, 0.15) is 0 Å². The summed E-state index contributed by atoms with van der Waals surface area (Å²) < 4.78 is 0. The molecule has 0 bridgehead atoms. The first-order valence-electron chi connectivity index (χ1n) is 1.34. The maximum atomic E-state index is 4.57. The summed E-state index contributed by atoms with van der Waals surface area (Å²) in [6.45, 7) is 3.78. The zero-order valence-corrected chi connectivity index (χ0v) is 4.20. The molecule has 0 aromatic heterocycles. The molecule has 0 atom stereocenters. The van der Waals surface area contributed by atoms with Crippen molar-refractivity contribution in [2.75, 3.05) is 6.61 Å². The Labute approximate surface area is 43.3 Å². The van der Waals surface area contributed by atoms with Gasteiger partial charge in [0.2, 0.25) is 0 Å². The first-order chi connectivity index (χ1) is 2.41. The van der Waals surface area contributed by atoms with Gasteiger partial charge in [-0.3, -0.25) is 0 Å². The molecule has 3 heteroatoms. The molecule has 2 N–H and O–H groups in total. The quantitative estimate of drug-likeness (QED) is 0.414. The normalized spacial score (nSPS) is 6.17. The molecule has 0 rings (SSSR count). The van der Waals surface area contributed by atoms with Gasteiger partial charge in [-0.1, -0.05) is 6.08 Å². The van der Waals surface area contributed by atoms with Gasteiger partial charge < -0.3 is 4.84 Å². The second-order valence-corrected chi connectivity index (χ2v) is 0.622. The second kappa shape index (κ2) is 8.87. The van der Waals surface area contributed by atoms with Crippen LogP contribution in [0.5, 0.6) is 0 Å². The molecule has 0 spiro atoms. The number of halogens is 1. The van der Waals surface area contributed by atoms with E-state index in [1.165, 1.54) is 0 Å². The van der Waals surface area contributed by atoms with Gasteiger partial charge in [0.15, 0.2) is 0 Å². The average molecular weight is 110 g/mol. The fraction of sp³-hybridized carbons (Fsp3) is 0.333. The van der Waals surface area contributed by atoms with Gasteiger partial charge in [-0.25, -0.2) is 5.90 Å². The van der Waals surface area contributed by atoms with Crippen LogP contribution in [0.3, 0.4) is 0 Å². The van der Waals surface area contributed by atoms with E-state index in [4.69, 9.17) is 0 Å². The fourth-order valence-electron chi connectivity index (χ4n) is 0.0680. The van der Waals surface area contributed by atoms with E-state index in [-0.39, 0.29) is 12.4 Å². The van der Waals surface area contributed by atoms with Crippen LogP contribution in [0.25, 0.3) is 0 Å². The molecule has 0 aliphatic heterocycles. The molecule has 0 amide bonds. The molecule has 0 saturated heterocycles. The molecular formula is C3H8ClNO. The van der Waals surface area contributed by atoms with Crippen molar-refractivity contribution in [2.45, 2.75) is 0 Å². The minimum Gasteiger partial charge on any atom is -0.300 e. The molecule has 2 nitrogen and oxygen atoms in total. The highest BCUT2D eigenvalue weighted by molar-refractivity contribution is 5.85. The molecule has 0 aliphatic rings. The lowest BCUT2D eigenvalue weighted by Gasteiger charge is -1.79. The minimum atomic E-state index is 0. The minimum absolute atomic E-state index is 0. The van der Waals surface area contributed by atoms with Crippen LogP contribution < -0.4 is 5.90 Å². The van der Waals surface area contributed by atoms with Crippen LogP contribution >= 0.6 is 12.4 Å². The maximum absolute atomic E-state index is 4.57. The highest BCUT2D eigenvalue weighted by atomic mass is 35.5. The molecule has 0 fully saturated rings. The van der Waals surface area contributed by atoms with Crippen LogP contribution in [0.15, 0.2) is 12.7 Å². The van der Waals surface area contributed by atoms with Gasteiger partial charge in [-0.2, -0.15) is 0 Å². The zero-order chi connectivity index (χ0) is 4.12. The SMILES string of the molecule is C=CCON.Cl. The molecule has 0 saturated carbocycles. The van der Waals surface area contributed by atoms with Crippen molar-refractivity contribution < 1.29 is 4.84 Å². The first-order valence-corrected chi connectivity index (χ1v) is 1.34. The number of hydrogen-bond acceptors (Lipinski definition) is 2. The van der Waals surface area contributed by atoms with Gasteiger partial charge in [0.05, 0.1) is 6.61 Å². The third kappa shape index (κ3) is 9.04. The van der Waals surface area contributed by atoms with E-state index in [2.05, 4.69) is 17.3 Å². The van der Waals surface area contributed by atoms with E-state index in [1.54, 1.807) is 6.08 Å². The lowest BCUT2D eigenvalue weighted by molar-refractivity contribution is 0.168. The van der Waals surface area contributed by atoms with E-state index in [1.807, 2.05) is 0 Å². The predicted molar refractivity (Wildman–Crippen MR) is 27.6 cm³/mol. The van der Waals surface area contributed by atoms with Crippen LogP contribution in [-0.4, -0.2) is 6.61 Å². The monoisotopic (exact) mass is 109 g/mol. The van der Waals surface area contributed by atoms with Crippen LogP contribution in [0.1, 0.15) is 0 Å². The zero-order valence-electron chi connectivity index (χ0n) is 3.39. The summed E-state index contributed by atoms with van der Waals surface area (Å²) in [7, 11) is 0.